The number of hydrogen-bond acceptors (Lipinski definition) is 5. The quantitative estimate of drug-likeness (QED) is 0.878. The number of rotatable bonds is 5. The SMILES string of the molecule is COc1c(C(C)C(=O)O)ccc(S(C)(=O)=O)c1OC. The summed E-state index contributed by atoms with van der Waals surface area (Å²) in [6.45, 7) is 1.49. The number of benzene rings is 1. The molecular formula is C12H16O6S. The molecule has 19 heavy (non-hydrogen) atoms. The van der Waals surface area contributed by atoms with E-state index in [1.54, 1.807) is 0 Å². The lowest BCUT2D eigenvalue weighted by molar-refractivity contribution is -0.138. The molecule has 1 aromatic rings. The van der Waals surface area contributed by atoms with Gasteiger partial charge >= 0.3 is 5.97 Å². The van der Waals surface area contributed by atoms with E-state index < -0.39 is 21.7 Å². The zero-order valence-electron chi connectivity index (χ0n) is 11.1. The van der Waals surface area contributed by atoms with Crippen LogP contribution in [0, 0.1) is 0 Å². The summed E-state index contributed by atoms with van der Waals surface area (Å²) in [5, 5.41) is 9.03. The van der Waals surface area contributed by atoms with E-state index in [0.717, 1.165) is 6.26 Å². The minimum atomic E-state index is -3.49. The molecule has 0 bridgehead atoms. The van der Waals surface area contributed by atoms with Gasteiger partial charge in [-0.3, -0.25) is 4.79 Å². The first-order chi connectivity index (χ1) is 8.73. The third-order valence-electron chi connectivity index (χ3n) is 2.75. The predicted molar refractivity (Wildman–Crippen MR) is 68.7 cm³/mol. The Balaban J connectivity index is 3.61. The minimum absolute atomic E-state index is 0.0237. The average molecular weight is 288 g/mol. The van der Waals surface area contributed by atoms with Crippen LogP contribution in [0.3, 0.4) is 0 Å². The molecule has 0 aliphatic heterocycles. The van der Waals surface area contributed by atoms with Gasteiger partial charge in [0.2, 0.25) is 0 Å². The molecule has 1 atom stereocenters. The normalized spacial score (nSPS) is 12.8. The van der Waals surface area contributed by atoms with Crippen molar-refractivity contribution in [3.63, 3.8) is 0 Å². The Morgan fingerprint density at radius 2 is 1.74 bits per heavy atom. The summed E-state index contributed by atoms with van der Waals surface area (Å²) in [7, 11) is -0.851. The molecule has 1 unspecified atom stereocenters. The van der Waals surface area contributed by atoms with Gasteiger partial charge in [-0.2, -0.15) is 0 Å². The van der Waals surface area contributed by atoms with Crippen LogP contribution in [0.25, 0.3) is 0 Å². The van der Waals surface area contributed by atoms with E-state index in [0.29, 0.717) is 5.56 Å². The van der Waals surface area contributed by atoms with Crippen LogP contribution >= 0.6 is 0 Å². The van der Waals surface area contributed by atoms with Crippen molar-refractivity contribution >= 4 is 15.8 Å². The van der Waals surface area contributed by atoms with Gasteiger partial charge in [0, 0.05) is 11.8 Å². The summed E-state index contributed by atoms with van der Waals surface area (Å²) in [6, 6.07) is 2.75. The third-order valence-corrected chi connectivity index (χ3v) is 3.87. The van der Waals surface area contributed by atoms with Crippen molar-refractivity contribution in [3.8, 4) is 11.5 Å². The van der Waals surface area contributed by atoms with Gasteiger partial charge in [-0.25, -0.2) is 8.42 Å². The molecule has 1 rings (SSSR count). The summed E-state index contributed by atoms with van der Waals surface area (Å²) in [5.41, 5.74) is 0.360. The predicted octanol–water partition coefficient (Wildman–Crippen LogP) is 1.30. The molecule has 0 aromatic heterocycles. The number of methoxy groups -OCH3 is 2. The smallest absolute Gasteiger partial charge is 0.310 e. The number of carboxylic acids is 1. The van der Waals surface area contributed by atoms with Gasteiger partial charge < -0.3 is 14.6 Å². The number of hydrogen-bond donors (Lipinski definition) is 1. The van der Waals surface area contributed by atoms with E-state index in [1.807, 2.05) is 0 Å². The van der Waals surface area contributed by atoms with E-state index >= 15 is 0 Å². The summed E-state index contributed by atoms with van der Waals surface area (Å²) in [5.74, 6) is -1.72. The molecule has 0 aliphatic rings. The maximum absolute atomic E-state index is 11.6. The Hall–Kier alpha value is -1.76. The second-order valence-corrected chi connectivity index (χ2v) is 6.04. The molecule has 106 valence electrons. The Morgan fingerprint density at radius 1 is 1.21 bits per heavy atom. The second kappa shape index (κ2) is 5.48. The van der Waals surface area contributed by atoms with Crippen LogP contribution < -0.4 is 9.47 Å². The number of ether oxygens (including phenoxy) is 2. The Labute approximate surface area is 111 Å². The maximum Gasteiger partial charge on any atom is 0.310 e. The van der Waals surface area contributed by atoms with Crippen molar-refractivity contribution < 1.29 is 27.8 Å². The summed E-state index contributed by atoms with van der Waals surface area (Å²) in [4.78, 5) is 11.0. The van der Waals surface area contributed by atoms with Crippen LogP contribution in [-0.2, 0) is 14.6 Å². The standard InChI is InChI=1S/C12H16O6S/c1-7(12(13)14)8-5-6-9(19(4,15)16)11(18-3)10(8)17-2/h5-7H,1-4H3,(H,13,14). The van der Waals surface area contributed by atoms with Crippen LogP contribution in [0.1, 0.15) is 18.4 Å². The molecule has 6 nitrogen and oxygen atoms in total. The fourth-order valence-electron chi connectivity index (χ4n) is 1.73. The number of aliphatic carboxylic acids is 1. The third kappa shape index (κ3) is 2.98. The van der Waals surface area contributed by atoms with Gasteiger partial charge in [0.1, 0.15) is 4.90 Å². The van der Waals surface area contributed by atoms with Crippen molar-refractivity contribution in [1.29, 1.82) is 0 Å². The maximum atomic E-state index is 11.6. The van der Waals surface area contributed by atoms with Gasteiger partial charge in [-0.05, 0) is 13.0 Å². The fraction of sp³-hybridized carbons (Fsp3) is 0.417. The van der Waals surface area contributed by atoms with Crippen LogP contribution in [0.15, 0.2) is 17.0 Å². The zero-order valence-corrected chi connectivity index (χ0v) is 11.9. The minimum Gasteiger partial charge on any atom is -0.492 e. The molecule has 0 spiro atoms. The highest BCUT2D eigenvalue weighted by atomic mass is 32.2. The van der Waals surface area contributed by atoms with Crippen molar-refractivity contribution in [2.75, 3.05) is 20.5 Å². The molecular weight excluding hydrogens is 272 g/mol. The average Bonchev–Trinajstić information content (AvgIpc) is 2.34. The summed E-state index contributed by atoms with van der Waals surface area (Å²) < 4.78 is 33.5. The second-order valence-electron chi connectivity index (χ2n) is 4.05. The largest absolute Gasteiger partial charge is 0.492 e. The van der Waals surface area contributed by atoms with Gasteiger partial charge in [-0.1, -0.05) is 6.07 Å². The number of carboxylic acid groups (broad SMARTS) is 1. The van der Waals surface area contributed by atoms with E-state index in [4.69, 9.17) is 14.6 Å². The summed E-state index contributed by atoms with van der Waals surface area (Å²) >= 11 is 0. The van der Waals surface area contributed by atoms with Crippen LogP contribution in [-0.4, -0.2) is 40.0 Å². The highest BCUT2D eigenvalue weighted by molar-refractivity contribution is 7.90. The molecule has 0 aliphatic carbocycles. The first-order valence-electron chi connectivity index (χ1n) is 5.41. The van der Waals surface area contributed by atoms with E-state index in [1.165, 1.54) is 33.3 Å². The lowest BCUT2D eigenvalue weighted by Crippen LogP contribution is -2.11. The van der Waals surface area contributed by atoms with Gasteiger partial charge in [0.15, 0.2) is 21.3 Å². The first-order valence-corrected chi connectivity index (χ1v) is 7.30. The van der Waals surface area contributed by atoms with Gasteiger partial charge in [0.25, 0.3) is 0 Å². The number of carbonyl (C=O) groups is 1. The van der Waals surface area contributed by atoms with Crippen molar-refractivity contribution in [2.24, 2.45) is 0 Å². The van der Waals surface area contributed by atoms with Gasteiger partial charge in [0.05, 0.1) is 20.1 Å². The first kappa shape index (κ1) is 15.3. The van der Waals surface area contributed by atoms with E-state index in [-0.39, 0.29) is 16.4 Å². The molecule has 7 heteroatoms. The molecule has 0 saturated heterocycles. The van der Waals surface area contributed by atoms with Crippen molar-refractivity contribution in [3.05, 3.63) is 17.7 Å². The zero-order chi connectivity index (χ0) is 14.8. The van der Waals surface area contributed by atoms with Crippen LogP contribution in [0.5, 0.6) is 11.5 Å². The summed E-state index contributed by atoms with van der Waals surface area (Å²) in [6.07, 6.45) is 1.05. The van der Waals surface area contributed by atoms with Crippen LogP contribution in [0.4, 0.5) is 0 Å². The molecule has 0 fully saturated rings. The van der Waals surface area contributed by atoms with E-state index in [2.05, 4.69) is 0 Å². The highest BCUT2D eigenvalue weighted by Gasteiger charge is 2.26. The molecule has 1 N–H and O–H groups in total. The fourth-order valence-corrected chi connectivity index (χ4v) is 2.56. The highest BCUT2D eigenvalue weighted by Crippen LogP contribution is 2.40. The molecule has 0 saturated carbocycles. The lowest BCUT2D eigenvalue weighted by atomic mass is 10.00. The van der Waals surface area contributed by atoms with Crippen LogP contribution in [0.2, 0.25) is 0 Å². The number of sulfone groups is 1. The molecule has 0 radical (unpaired) electrons. The van der Waals surface area contributed by atoms with E-state index in [9.17, 15) is 13.2 Å². The lowest BCUT2D eigenvalue weighted by Gasteiger charge is -2.17. The van der Waals surface area contributed by atoms with Crippen molar-refractivity contribution in [2.45, 2.75) is 17.7 Å². The van der Waals surface area contributed by atoms with Crippen molar-refractivity contribution in [1.82, 2.24) is 0 Å². The molecule has 0 amide bonds. The topological polar surface area (TPSA) is 89.9 Å². The Bertz CT molecular complexity index is 590. The Morgan fingerprint density at radius 3 is 2.11 bits per heavy atom. The monoisotopic (exact) mass is 288 g/mol. The Kier molecular flexibility index (Phi) is 4.41. The van der Waals surface area contributed by atoms with Gasteiger partial charge in [-0.15, -0.1) is 0 Å². The molecule has 1 aromatic carbocycles. The molecule has 0 heterocycles.